The fraction of sp³-hybridized carbons (Fsp3) is 0.917. The Kier molecular flexibility index (Phi) is 3.38. The maximum absolute atomic E-state index is 12.0. The Labute approximate surface area is 97.8 Å². The van der Waals surface area contributed by atoms with Gasteiger partial charge in [-0.05, 0) is 32.1 Å². The average Bonchev–Trinajstić information content (AvgIpc) is 2.41. The summed E-state index contributed by atoms with van der Waals surface area (Å²) in [6, 6.07) is 0.827. The molecule has 1 saturated heterocycles. The van der Waals surface area contributed by atoms with Gasteiger partial charge < -0.3 is 15.5 Å². The van der Waals surface area contributed by atoms with Gasteiger partial charge in [0.1, 0.15) is 0 Å². The first-order valence-electron chi connectivity index (χ1n) is 6.37. The second-order valence-electron chi connectivity index (χ2n) is 5.36. The van der Waals surface area contributed by atoms with Crippen LogP contribution >= 0.6 is 0 Å². The van der Waals surface area contributed by atoms with Crippen LogP contribution < -0.4 is 5.73 Å². The lowest BCUT2D eigenvalue weighted by molar-refractivity contribution is 0.164. The molecule has 16 heavy (non-hydrogen) atoms. The minimum atomic E-state index is 0.181. The molecule has 2 rings (SSSR count). The molecule has 2 aliphatic rings. The molecule has 0 aromatic heterocycles. The van der Waals surface area contributed by atoms with Crippen LogP contribution in [0.25, 0.3) is 0 Å². The van der Waals surface area contributed by atoms with E-state index in [1.165, 1.54) is 19.3 Å². The second kappa shape index (κ2) is 4.62. The van der Waals surface area contributed by atoms with Crippen molar-refractivity contribution in [3.63, 3.8) is 0 Å². The number of urea groups is 1. The molecule has 1 aliphatic carbocycles. The molecule has 1 saturated carbocycles. The van der Waals surface area contributed by atoms with Crippen molar-refractivity contribution in [1.82, 2.24) is 9.80 Å². The second-order valence-corrected chi connectivity index (χ2v) is 5.36. The molecule has 2 atom stereocenters. The molecule has 0 radical (unpaired) electrons. The predicted octanol–water partition coefficient (Wildman–Crippen LogP) is 1.26. The van der Waals surface area contributed by atoms with Crippen molar-refractivity contribution >= 4 is 6.03 Å². The molecule has 2 unspecified atom stereocenters. The van der Waals surface area contributed by atoms with Gasteiger partial charge >= 0.3 is 6.03 Å². The number of nitrogens with two attached hydrogens (primary N) is 1. The van der Waals surface area contributed by atoms with E-state index in [2.05, 4.69) is 0 Å². The van der Waals surface area contributed by atoms with Crippen LogP contribution in [-0.2, 0) is 0 Å². The Hall–Kier alpha value is -0.770. The maximum Gasteiger partial charge on any atom is 0.320 e. The topological polar surface area (TPSA) is 49.6 Å². The van der Waals surface area contributed by atoms with Gasteiger partial charge in [-0.15, -0.1) is 0 Å². The quantitative estimate of drug-likeness (QED) is 0.783. The fourth-order valence-electron chi connectivity index (χ4n) is 2.63. The van der Waals surface area contributed by atoms with Gasteiger partial charge in [-0.1, -0.05) is 6.42 Å². The van der Waals surface area contributed by atoms with Gasteiger partial charge in [0.05, 0.1) is 6.04 Å². The number of nitrogens with zero attached hydrogens (tertiary/aromatic N) is 2. The summed E-state index contributed by atoms with van der Waals surface area (Å²) in [6.07, 6.45) is 4.83. The third-order valence-corrected chi connectivity index (χ3v) is 4.03. The van der Waals surface area contributed by atoms with Gasteiger partial charge in [-0.2, -0.15) is 0 Å². The summed E-state index contributed by atoms with van der Waals surface area (Å²) < 4.78 is 0. The monoisotopic (exact) mass is 225 g/mol. The number of carbonyl (C=O) groups is 1. The zero-order valence-electron chi connectivity index (χ0n) is 10.4. The first-order chi connectivity index (χ1) is 7.59. The van der Waals surface area contributed by atoms with Crippen LogP contribution in [-0.4, -0.2) is 48.1 Å². The summed E-state index contributed by atoms with van der Waals surface area (Å²) in [5.74, 6) is 0.745. The highest BCUT2D eigenvalue weighted by Crippen LogP contribution is 2.35. The Morgan fingerprint density at radius 3 is 2.69 bits per heavy atom. The van der Waals surface area contributed by atoms with E-state index in [0.29, 0.717) is 6.04 Å². The van der Waals surface area contributed by atoms with E-state index in [0.717, 1.165) is 25.4 Å². The third kappa shape index (κ3) is 2.17. The van der Waals surface area contributed by atoms with Crippen LogP contribution in [0.15, 0.2) is 0 Å². The largest absolute Gasteiger partial charge is 0.328 e. The van der Waals surface area contributed by atoms with Crippen molar-refractivity contribution in [3.8, 4) is 0 Å². The molecule has 1 heterocycles. The molecule has 2 N–H and O–H groups in total. The minimum Gasteiger partial charge on any atom is -0.328 e. The average molecular weight is 225 g/mol. The van der Waals surface area contributed by atoms with Crippen molar-refractivity contribution in [3.05, 3.63) is 0 Å². The number of likely N-dealkylation sites (N-methyl/N-ethyl adjacent to an activating group) is 1. The third-order valence-electron chi connectivity index (χ3n) is 4.03. The van der Waals surface area contributed by atoms with E-state index in [4.69, 9.17) is 5.73 Å². The Balaban J connectivity index is 1.88. The zero-order chi connectivity index (χ0) is 11.7. The summed E-state index contributed by atoms with van der Waals surface area (Å²) in [4.78, 5) is 15.9. The highest BCUT2D eigenvalue weighted by molar-refractivity contribution is 5.77. The van der Waals surface area contributed by atoms with E-state index < -0.39 is 0 Å². The Morgan fingerprint density at radius 2 is 2.19 bits per heavy atom. The highest BCUT2D eigenvalue weighted by Gasteiger charge is 2.40. The fourth-order valence-corrected chi connectivity index (χ4v) is 2.63. The normalized spacial score (nSPS) is 28.4. The van der Waals surface area contributed by atoms with Crippen LogP contribution in [0.5, 0.6) is 0 Å². The number of carbonyl (C=O) groups excluding carboxylic acids is 1. The summed E-state index contributed by atoms with van der Waals surface area (Å²) in [6.45, 7) is 3.71. The molecule has 92 valence electrons. The summed E-state index contributed by atoms with van der Waals surface area (Å²) in [5, 5.41) is 0. The van der Waals surface area contributed by atoms with Crippen LogP contribution in [0.4, 0.5) is 4.79 Å². The number of rotatable bonds is 4. The predicted molar refractivity (Wildman–Crippen MR) is 64.1 cm³/mol. The Morgan fingerprint density at radius 1 is 1.50 bits per heavy atom. The van der Waals surface area contributed by atoms with E-state index in [9.17, 15) is 4.79 Å². The molecular weight excluding hydrogens is 202 g/mol. The SMILES string of the molecule is CC(N)CCN1CC(C2CCC2)N(C)C1=O. The zero-order valence-corrected chi connectivity index (χ0v) is 10.4. The van der Waals surface area contributed by atoms with Gasteiger partial charge in [0.25, 0.3) is 0 Å². The molecule has 0 aromatic carbocycles. The van der Waals surface area contributed by atoms with Gasteiger partial charge in [-0.25, -0.2) is 4.79 Å². The summed E-state index contributed by atoms with van der Waals surface area (Å²) in [7, 11) is 1.94. The van der Waals surface area contributed by atoms with E-state index >= 15 is 0 Å². The number of hydrogen-bond donors (Lipinski definition) is 1. The standard InChI is InChI=1S/C12H23N3O/c1-9(13)6-7-15-8-11(10-4-3-5-10)14(2)12(15)16/h9-11H,3-8,13H2,1-2H3. The van der Waals surface area contributed by atoms with Crippen molar-refractivity contribution in [2.75, 3.05) is 20.1 Å². The van der Waals surface area contributed by atoms with Crippen LogP contribution in [0, 0.1) is 5.92 Å². The highest BCUT2D eigenvalue weighted by atomic mass is 16.2. The van der Waals surface area contributed by atoms with Crippen molar-refractivity contribution in [2.24, 2.45) is 11.7 Å². The molecular formula is C12H23N3O. The van der Waals surface area contributed by atoms with E-state index in [1.807, 2.05) is 23.8 Å². The molecule has 2 fully saturated rings. The Bertz CT molecular complexity index is 263. The lowest BCUT2D eigenvalue weighted by Gasteiger charge is -2.34. The molecule has 0 bridgehead atoms. The van der Waals surface area contributed by atoms with Gasteiger partial charge in [0.2, 0.25) is 0 Å². The first kappa shape index (κ1) is 11.7. The van der Waals surface area contributed by atoms with Crippen molar-refractivity contribution < 1.29 is 4.79 Å². The molecule has 0 spiro atoms. The molecule has 4 heteroatoms. The minimum absolute atomic E-state index is 0.181. The number of hydrogen-bond acceptors (Lipinski definition) is 2. The van der Waals surface area contributed by atoms with Gasteiger partial charge in [0.15, 0.2) is 0 Å². The van der Waals surface area contributed by atoms with Gasteiger partial charge in [0, 0.05) is 26.2 Å². The van der Waals surface area contributed by atoms with E-state index in [-0.39, 0.29) is 12.1 Å². The first-order valence-corrected chi connectivity index (χ1v) is 6.37. The molecule has 2 amide bonds. The smallest absolute Gasteiger partial charge is 0.320 e. The summed E-state index contributed by atoms with van der Waals surface area (Å²) >= 11 is 0. The lowest BCUT2D eigenvalue weighted by atomic mass is 9.79. The van der Waals surface area contributed by atoms with Crippen LogP contribution in [0.1, 0.15) is 32.6 Å². The van der Waals surface area contributed by atoms with Crippen LogP contribution in [0.2, 0.25) is 0 Å². The van der Waals surface area contributed by atoms with Crippen molar-refractivity contribution in [2.45, 2.75) is 44.7 Å². The van der Waals surface area contributed by atoms with Crippen LogP contribution in [0.3, 0.4) is 0 Å². The molecule has 1 aliphatic heterocycles. The van der Waals surface area contributed by atoms with Crippen molar-refractivity contribution in [1.29, 1.82) is 0 Å². The van der Waals surface area contributed by atoms with E-state index in [1.54, 1.807) is 0 Å². The maximum atomic E-state index is 12.0. The summed E-state index contributed by atoms with van der Waals surface area (Å²) in [5.41, 5.74) is 5.73. The molecule has 0 aromatic rings. The lowest BCUT2D eigenvalue weighted by Crippen LogP contribution is -2.39. The number of amides is 2. The van der Waals surface area contributed by atoms with Gasteiger partial charge in [-0.3, -0.25) is 0 Å². The molecule has 4 nitrogen and oxygen atoms in total.